The van der Waals surface area contributed by atoms with E-state index < -0.39 is 0 Å². The quantitative estimate of drug-likeness (QED) is 0.771. The van der Waals surface area contributed by atoms with Gasteiger partial charge in [-0.15, -0.1) is 0 Å². The van der Waals surface area contributed by atoms with Crippen LogP contribution in [-0.4, -0.2) is 24.7 Å². The number of fused-ring (bicyclic) bond motifs is 1. The molecule has 0 aliphatic heterocycles. The van der Waals surface area contributed by atoms with E-state index in [1.807, 2.05) is 49.4 Å². The number of oxazole rings is 1. The molecule has 0 saturated carbocycles. The fourth-order valence-electron chi connectivity index (χ4n) is 2.33. The van der Waals surface area contributed by atoms with E-state index in [9.17, 15) is 4.79 Å². The summed E-state index contributed by atoms with van der Waals surface area (Å²) in [6.07, 6.45) is 0. The Kier molecular flexibility index (Phi) is 4.14. The highest BCUT2D eigenvalue weighted by Gasteiger charge is 2.11. The van der Waals surface area contributed by atoms with Crippen LogP contribution in [0.5, 0.6) is 5.75 Å². The molecule has 118 valence electrons. The number of carbonyl (C=O) groups excluding carboxylic acids is 1. The minimum absolute atomic E-state index is 0.170. The second kappa shape index (κ2) is 6.39. The Bertz CT molecular complexity index is 842. The van der Waals surface area contributed by atoms with Crippen molar-refractivity contribution in [1.82, 2.24) is 10.3 Å². The predicted molar refractivity (Wildman–Crippen MR) is 88.7 cm³/mol. The molecule has 0 radical (unpaired) electrons. The van der Waals surface area contributed by atoms with Gasteiger partial charge in [-0.2, -0.15) is 4.98 Å². The Morgan fingerprint density at radius 1 is 1.26 bits per heavy atom. The fourth-order valence-corrected chi connectivity index (χ4v) is 2.33. The number of anilines is 1. The first kappa shape index (κ1) is 14.9. The van der Waals surface area contributed by atoms with Gasteiger partial charge in [-0.1, -0.05) is 24.3 Å². The molecule has 0 spiro atoms. The number of urea groups is 1. The molecule has 0 fully saturated rings. The maximum Gasteiger partial charge on any atom is 0.322 e. The molecule has 2 amide bonds. The van der Waals surface area contributed by atoms with Gasteiger partial charge in [0, 0.05) is 12.1 Å². The summed E-state index contributed by atoms with van der Waals surface area (Å²) in [5.41, 5.74) is 3.19. The van der Waals surface area contributed by atoms with Crippen molar-refractivity contribution in [3.63, 3.8) is 0 Å². The molecular formula is C17H17N3O3. The molecule has 3 rings (SSSR count). The van der Waals surface area contributed by atoms with Crippen molar-refractivity contribution < 1.29 is 13.9 Å². The van der Waals surface area contributed by atoms with Gasteiger partial charge in [0.25, 0.3) is 0 Å². The van der Waals surface area contributed by atoms with Crippen molar-refractivity contribution in [1.29, 1.82) is 0 Å². The van der Waals surface area contributed by atoms with E-state index in [1.54, 1.807) is 7.11 Å². The van der Waals surface area contributed by atoms with Crippen molar-refractivity contribution in [3.05, 3.63) is 42.5 Å². The predicted octanol–water partition coefficient (Wildman–Crippen LogP) is 3.64. The van der Waals surface area contributed by atoms with Crippen LogP contribution in [0.2, 0.25) is 0 Å². The molecule has 0 saturated heterocycles. The van der Waals surface area contributed by atoms with Crippen molar-refractivity contribution in [2.75, 3.05) is 19.0 Å². The summed E-state index contributed by atoms with van der Waals surface area (Å²) in [7, 11) is 1.64. The number of nitrogens with zero attached hydrogens (tertiary/aromatic N) is 1. The van der Waals surface area contributed by atoms with Gasteiger partial charge < -0.3 is 14.5 Å². The highest BCUT2D eigenvalue weighted by Crippen LogP contribution is 2.32. The number of hydrogen-bond donors (Lipinski definition) is 2. The standard InChI is InChI=1S/C17H17N3O3/c1-3-18-16(21)20-17-19-13-9-8-11(10-15(13)23-17)12-6-4-5-7-14(12)22-2/h4-10H,3H2,1-2H3,(H2,18,19,20,21). The van der Waals surface area contributed by atoms with Gasteiger partial charge in [0.15, 0.2) is 5.58 Å². The van der Waals surface area contributed by atoms with E-state index in [0.717, 1.165) is 16.9 Å². The first-order valence-corrected chi connectivity index (χ1v) is 7.30. The summed E-state index contributed by atoms with van der Waals surface area (Å²) in [6, 6.07) is 13.2. The molecule has 0 aliphatic carbocycles. The highest BCUT2D eigenvalue weighted by molar-refractivity contribution is 5.89. The Hall–Kier alpha value is -3.02. The topological polar surface area (TPSA) is 76.4 Å². The van der Waals surface area contributed by atoms with E-state index in [2.05, 4.69) is 15.6 Å². The van der Waals surface area contributed by atoms with E-state index in [4.69, 9.17) is 9.15 Å². The van der Waals surface area contributed by atoms with Gasteiger partial charge in [-0.3, -0.25) is 5.32 Å². The second-order valence-corrected chi connectivity index (χ2v) is 4.89. The lowest BCUT2D eigenvalue weighted by Crippen LogP contribution is -2.28. The monoisotopic (exact) mass is 311 g/mol. The first-order chi connectivity index (χ1) is 11.2. The van der Waals surface area contributed by atoms with Crippen LogP contribution < -0.4 is 15.4 Å². The lowest BCUT2D eigenvalue weighted by atomic mass is 10.0. The zero-order valence-corrected chi connectivity index (χ0v) is 12.9. The van der Waals surface area contributed by atoms with Crippen LogP contribution in [-0.2, 0) is 0 Å². The van der Waals surface area contributed by atoms with Gasteiger partial charge in [0.2, 0.25) is 0 Å². The third-order valence-electron chi connectivity index (χ3n) is 3.36. The van der Waals surface area contributed by atoms with Crippen LogP contribution in [0, 0.1) is 0 Å². The Morgan fingerprint density at radius 3 is 2.87 bits per heavy atom. The minimum atomic E-state index is -0.344. The summed E-state index contributed by atoms with van der Waals surface area (Å²) in [5, 5.41) is 5.19. The zero-order valence-electron chi connectivity index (χ0n) is 12.9. The van der Waals surface area contributed by atoms with E-state index in [-0.39, 0.29) is 12.0 Å². The largest absolute Gasteiger partial charge is 0.496 e. The number of para-hydroxylation sites is 1. The molecule has 0 atom stereocenters. The van der Waals surface area contributed by atoms with Gasteiger partial charge >= 0.3 is 12.0 Å². The van der Waals surface area contributed by atoms with Gasteiger partial charge in [0.05, 0.1) is 7.11 Å². The van der Waals surface area contributed by atoms with Crippen molar-refractivity contribution in [2.24, 2.45) is 0 Å². The SMILES string of the molecule is CCNC(=O)Nc1nc2ccc(-c3ccccc3OC)cc2o1. The fraction of sp³-hybridized carbons (Fsp3) is 0.176. The number of nitrogens with one attached hydrogen (secondary N) is 2. The molecule has 6 heteroatoms. The highest BCUT2D eigenvalue weighted by atomic mass is 16.5. The minimum Gasteiger partial charge on any atom is -0.496 e. The van der Waals surface area contributed by atoms with Gasteiger partial charge in [0.1, 0.15) is 11.3 Å². The number of benzene rings is 2. The molecule has 0 unspecified atom stereocenters. The molecule has 0 aliphatic rings. The summed E-state index contributed by atoms with van der Waals surface area (Å²) in [6.45, 7) is 2.37. The first-order valence-electron chi connectivity index (χ1n) is 7.30. The summed E-state index contributed by atoms with van der Waals surface area (Å²) < 4.78 is 11.0. The third-order valence-corrected chi connectivity index (χ3v) is 3.36. The molecule has 2 N–H and O–H groups in total. The molecule has 2 aromatic carbocycles. The number of ether oxygens (including phenoxy) is 1. The molecule has 1 aromatic heterocycles. The van der Waals surface area contributed by atoms with Crippen LogP contribution in [0.15, 0.2) is 46.9 Å². The average Bonchev–Trinajstić information content (AvgIpc) is 2.96. The van der Waals surface area contributed by atoms with E-state index in [0.29, 0.717) is 17.6 Å². The molecular weight excluding hydrogens is 294 g/mol. The molecule has 6 nitrogen and oxygen atoms in total. The lowest BCUT2D eigenvalue weighted by Gasteiger charge is -2.07. The van der Waals surface area contributed by atoms with Crippen LogP contribution in [0.4, 0.5) is 10.8 Å². The number of aromatic nitrogens is 1. The zero-order chi connectivity index (χ0) is 16.2. The second-order valence-electron chi connectivity index (χ2n) is 4.89. The maximum absolute atomic E-state index is 11.5. The van der Waals surface area contributed by atoms with Crippen LogP contribution in [0.3, 0.4) is 0 Å². The van der Waals surface area contributed by atoms with E-state index >= 15 is 0 Å². The number of carbonyl (C=O) groups is 1. The van der Waals surface area contributed by atoms with Crippen LogP contribution >= 0.6 is 0 Å². The number of methoxy groups -OCH3 is 1. The van der Waals surface area contributed by atoms with E-state index in [1.165, 1.54) is 0 Å². The van der Waals surface area contributed by atoms with Gasteiger partial charge in [-0.25, -0.2) is 4.79 Å². The lowest BCUT2D eigenvalue weighted by molar-refractivity contribution is 0.252. The average molecular weight is 311 g/mol. The molecule has 1 heterocycles. The number of rotatable bonds is 4. The number of amides is 2. The maximum atomic E-state index is 11.5. The number of hydrogen-bond acceptors (Lipinski definition) is 4. The summed E-state index contributed by atoms with van der Waals surface area (Å²) in [4.78, 5) is 15.8. The smallest absolute Gasteiger partial charge is 0.322 e. The molecule has 23 heavy (non-hydrogen) atoms. The Balaban J connectivity index is 1.94. The molecule has 0 bridgehead atoms. The van der Waals surface area contributed by atoms with Crippen molar-refractivity contribution in [2.45, 2.75) is 6.92 Å². The molecule has 3 aromatic rings. The normalized spacial score (nSPS) is 10.5. The Morgan fingerprint density at radius 2 is 2.09 bits per heavy atom. The summed E-state index contributed by atoms with van der Waals surface area (Å²) >= 11 is 0. The third kappa shape index (κ3) is 3.11. The van der Waals surface area contributed by atoms with Crippen LogP contribution in [0.25, 0.3) is 22.2 Å². The van der Waals surface area contributed by atoms with Gasteiger partial charge in [-0.05, 0) is 30.7 Å². The van der Waals surface area contributed by atoms with Crippen molar-refractivity contribution >= 4 is 23.1 Å². The summed E-state index contributed by atoms with van der Waals surface area (Å²) in [5.74, 6) is 0.784. The Labute approximate surface area is 133 Å². The van der Waals surface area contributed by atoms with Crippen molar-refractivity contribution in [3.8, 4) is 16.9 Å². The van der Waals surface area contributed by atoms with Crippen LogP contribution in [0.1, 0.15) is 6.92 Å².